The molecule has 0 aromatic heterocycles. The zero-order valence-electron chi connectivity index (χ0n) is 13.4. The van der Waals surface area contributed by atoms with E-state index in [4.69, 9.17) is 0 Å². The van der Waals surface area contributed by atoms with Gasteiger partial charge < -0.3 is 10.2 Å². The van der Waals surface area contributed by atoms with Crippen molar-refractivity contribution in [1.29, 1.82) is 0 Å². The van der Waals surface area contributed by atoms with E-state index in [9.17, 15) is 9.59 Å². The Hall–Kier alpha value is -1.10. The lowest BCUT2D eigenvalue weighted by molar-refractivity contribution is -0.922. The Kier molecular flexibility index (Phi) is 6.03. The third-order valence-electron chi connectivity index (χ3n) is 4.99. The Balaban J connectivity index is 1.75. The Morgan fingerprint density at radius 3 is 2.48 bits per heavy atom. The van der Waals surface area contributed by atoms with Crippen molar-refractivity contribution in [3.63, 3.8) is 0 Å². The third kappa shape index (κ3) is 4.99. The lowest BCUT2D eigenvalue weighted by Gasteiger charge is -2.31. The number of amides is 3. The highest BCUT2D eigenvalue weighted by atomic mass is 16.2. The molecule has 1 saturated carbocycles. The molecule has 21 heavy (non-hydrogen) atoms. The summed E-state index contributed by atoms with van der Waals surface area (Å²) in [5, 5.41) is 5.47. The summed E-state index contributed by atoms with van der Waals surface area (Å²) < 4.78 is 0. The second kappa shape index (κ2) is 7.78. The maximum Gasteiger partial charge on any atom is 0.321 e. The molecule has 5 heteroatoms. The van der Waals surface area contributed by atoms with Crippen LogP contribution in [0.3, 0.4) is 0 Å². The van der Waals surface area contributed by atoms with Crippen LogP contribution in [-0.2, 0) is 4.79 Å². The summed E-state index contributed by atoms with van der Waals surface area (Å²) in [6.45, 7) is 6.22. The smallest absolute Gasteiger partial charge is 0.321 e. The zero-order valence-corrected chi connectivity index (χ0v) is 13.4. The number of imide groups is 1. The fourth-order valence-corrected chi connectivity index (χ4v) is 3.60. The van der Waals surface area contributed by atoms with E-state index in [1.807, 2.05) is 6.92 Å². The zero-order chi connectivity index (χ0) is 15.2. The van der Waals surface area contributed by atoms with Gasteiger partial charge in [0.2, 0.25) is 0 Å². The molecule has 1 aliphatic carbocycles. The first-order valence-corrected chi connectivity index (χ1v) is 8.52. The highest BCUT2D eigenvalue weighted by Crippen LogP contribution is 2.17. The minimum Gasteiger partial charge on any atom is -0.335 e. The van der Waals surface area contributed by atoms with Crippen LogP contribution in [-0.4, -0.2) is 37.1 Å². The van der Waals surface area contributed by atoms with Crippen LogP contribution < -0.4 is 15.5 Å². The Morgan fingerprint density at radius 1 is 1.10 bits per heavy atom. The van der Waals surface area contributed by atoms with E-state index in [2.05, 4.69) is 17.6 Å². The summed E-state index contributed by atoms with van der Waals surface area (Å²) in [5.41, 5.74) is 0. The summed E-state index contributed by atoms with van der Waals surface area (Å²) in [4.78, 5) is 25.4. The predicted octanol–water partition coefficient (Wildman–Crippen LogP) is 0.848. The number of rotatable bonds is 3. The van der Waals surface area contributed by atoms with Gasteiger partial charge in [-0.05, 0) is 32.6 Å². The van der Waals surface area contributed by atoms with E-state index in [1.165, 1.54) is 37.0 Å². The van der Waals surface area contributed by atoms with Crippen LogP contribution in [0.1, 0.15) is 58.8 Å². The maximum atomic E-state index is 12.2. The van der Waals surface area contributed by atoms with Crippen LogP contribution in [0.5, 0.6) is 0 Å². The van der Waals surface area contributed by atoms with Crippen molar-refractivity contribution < 1.29 is 14.5 Å². The highest BCUT2D eigenvalue weighted by molar-refractivity contribution is 5.96. The summed E-state index contributed by atoms with van der Waals surface area (Å²) in [7, 11) is 0. The molecular weight excluding hydrogens is 266 g/mol. The number of carbonyl (C=O) groups is 2. The van der Waals surface area contributed by atoms with Gasteiger partial charge in [0.05, 0.1) is 13.1 Å². The Labute approximate surface area is 127 Å². The molecular formula is C16H30N3O2+. The summed E-state index contributed by atoms with van der Waals surface area (Å²) >= 11 is 0. The number of quaternary nitrogens is 1. The van der Waals surface area contributed by atoms with Crippen molar-refractivity contribution >= 4 is 11.9 Å². The summed E-state index contributed by atoms with van der Waals surface area (Å²) in [6, 6.07) is -0.225. The minimum absolute atomic E-state index is 0.146. The average Bonchev–Trinajstić information content (AvgIpc) is 2.47. The number of hydrogen-bond donors (Lipinski definition) is 3. The Bertz CT molecular complexity index is 367. The maximum absolute atomic E-state index is 12.2. The van der Waals surface area contributed by atoms with Crippen molar-refractivity contribution in [3.05, 3.63) is 0 Å². The van der Waals surface area contributed by atoms with E-state index in [0.29, 0.717) is 5.92 Å². The molecule has 2 rings (SSSR count). The van der Waals surface area contributed by atoms with Crippen molar-refractivity contribution in [2.75, 3.05) is 13.1 Å². The van der Waals surface area contributed by atoms with E-state index >= 15 is 0 Å². The topological polar surface area (TPSA) is 62.6 Å². The van der Waals surface area contributed by atoms with Gasteiger partial charge in [-0.1, -0.05) is 26.2 Å². The third-order valence-corrected chi connectivity index (χ3v) is 4.99. The van der Waals surface area contributed by atoms with E-state index in [1.54, 1.807) is 0 Å². The first-order chi connectivity index (χ1) is 10.1. The molecule has 1 unspecified atom stereocenters. The van der Waals surface area contributed by atoms with Gasteiger partial charge in [-0.2, -0.15) is 0 Å². The van der Waals surface area contributed by atoms with E-state index < -0.39 is 0 Å². The van der Waals surface area contributed by atoms with Crippen LogP contribution in [0, 0.1) is 5.92 Å². The lowest BCUT2D eigenvalue weighted by atomic mass is 9.96. The number of likely N-dealkylation sites (tertiary alicyclic amines) is 1. The van der Waals surface area contributed by atoms with Gasteiger partial charge in [-0.15, -0.1) is 0 Å². The van der Waals surface area contributed by atoms with Crippen molar-refractivity contribution in [1.82, 2.24) is 10.6 Å². The molecule has 0 aromatic carbocycles. The molecule has 0 radical (unpaired) electrons. The van der Waals surface area contributed by atoms with Gasteiger partial charge >= 0.3 is 6.03 Å². The highest BCUT2D eigenvalue weighted by Gasteiger charge is 2.30. The molecule has 1 aliphatic heterocycles. The molecule has 1 heterocycles. The van der Waals surface area contributed by atoms with Crippen molar-refractivity contribution in [3.8, 4) is 0 Å². The molecule has 0 bridgehead atoms. The van der Waals surface area contributed by atoms with E-state index in [-0.39, 0.29) is 24.0 Å². The minimum atomic E-state index is -0.316. The van der Waals surface area contributed by atoms with Crippen molar-refractivity contribution in [2.24, 2.45) is 5.92 Å². The summed E-state index contributed by atoms with van der Waals surface area (Å²) in [5.74, 6) is 0.521. The molecule has 0 spiro atoms. The van der Waals surface area contributed by atoms with Gasteiger partial charge in [0, 0.05) is 12.0 Å². The second-order valence-electron chi connectivity index (χ2n) is 6.88. The fourth-order valence-electron chi connectivity index (χ4n) is 3.60. The number of urea groups is 1. The molecule has 3 amide bonds. The number of piperidine rings is 1. The van der Waals surface area contributed by atoms with Gasteiger partial charge in [0.1, 0.15) is 0 Å². The van der Waals surface area contributed by atoms with Gasteiger partial charge in [0.25, 0.3) is 5.91 Å². The lowest BCUT2D eigenvalue weighted by Crippen LogP contribution is -3.18. The molecule has 3 atom stereocenters. The normalized spacial score (nSPS) is 28.7. The van der Waals surface area contributed by atoms with Crippen molar-refractivity contribution in [2.45, 2.75) is 70.9 Å². The van der Waals surface area contributed by atoms with Crippen LogP contribution in [0.15, 0.2) is 0 Å². The number of hydrogen-bond acceptors (Lipinski definition) is 2. The first kappa shape index (κ1) is 16.3. The van der Waals surface area contributed by atoms with Gasteiger partial charge in [-0.25, -0.2) is 4.79 Å². The second-order valence-corrected chi connectivity index (χ2v) is 6.88. The number of nitrogens with one attached hydrogen (secondary N) is 3. The number of carbonyl (C=O) groups excluding carboxylic acids is 2. The van der Waals surface area contributed by atoms with Gasteiger partial charge in [-0.3, -0.25) is 10.1 Å². The molecule has 5 nitrogen and oxygen atoms in total. The van der Waals surface area contributed by atoms with Crippen LogP contribution in [0.4, 0.5) is 4.79 Å². The largest absolute Gasteiger partial charge is 0.335 e. The van der Waals surface area contributed by atoms with Crippen LogP contribution >= 0.6 is 0 Å². The molecule has 0 aromatic rings. The first-order valence-electron chi connectivity index (χ1n) is 8.52. The predicted molar refractivity (Wildman–Crippen MR) is 82.1 cm³/mol. The Morgan fingerprint density at radius 2 is 1.81 bits per heavy atom. The van der Waals surface area contributed by atoms with E-state index in [0.717, 1.165) is 25.9 Å². The van der Waals surface area contributed by atoms with Crippen LogP contribution in [0.25, 0.3) is 0 Å². The quantitative estimate of drug-likeness (QED) is 0.723. The average molecular weight is 296 g/mol. The monoisotopic (exact) mass is 296 g/mol. The standard InChI is InChI=1S/C16H29N3O2/c1-12-7-6-10-19(11-12)13(2)15(20)18-16(21)17-14-8-4-3-5-9-14/h12-14H,3-11H2,1-2H3,(H2,17,18,20,21)/p+1/t12-,13+/m1/s1. The van der Waals surface area contributed by atoms with Gasteiger partial charge in [0.15, 0.2) is 6.04 Å². The van der Waals surface area contributed by atoms with Crippen LogP contribution in [0.2, 0.25) is 0 Å². The molecule has 1 saturated heterocycles. The molecule has 3 N–H and O–H groups in total. The molecule has 2 aliphatic rings. The summed E-state index contributed by atoms with van der Waals surface area (Å²) in [6.07, 6.45) is 8.09. The fraction of sp³-hybridized carbons (Fsp3) is 0.875. The molecule has 2 fully saturated rings. The molecule has 120 valence electrons. The SMILES string of the molecule is C[C@@H]1CCC[NH+]([C@@H](C)C(=O)NC(=O)NC2CCCCC2)C1.